The van der Waals surface area contributed by atoms with Crippen LogP contribution in [0.2, 0.25) is 0 Å². The van der Waals surface area contributed by atoms with Crippen LogP contribution in [-0.4, -0.2) is 35.4 Å². The summed E-state index contributed by atoms with van der Waals surface area (Å²) in [5.41, 5.74) is 0. The number of halogens is 3. The highest BCUT2D eigenvalue weighted by atomic mass is 31.2. The molecule has 0 aliphatic carbocycles. The average molecular weight is 268 g/mol. The first-order chi connectivity index (χ1) is 6.92. The van der Waals surface area contributed by atoms with Crippen LogP contribution in [-0.2, 0) is 18.4 Å². The van der Waals surface area contributed by atoms with Gasteiger partial charge < -0.3 is 10.00 Å². The highest BCUT2D eigenvalue weighted by molar-refractivity contribution is 7.47. The van der Waals surface area contributed by atoms with Crippen LogP contribution in [0.1, 0.15) is 13.8 Å². The number of rotatable bonds is 3. The number of hydrogen-bond acceptors (Lipinski definition) is 4. The van der Waals surface area contributed by atoms with E-state index < -0.39 is 20.0 Å². The van der Waals surface area contributed by atoms with Crippen LogP contribution in [0.25, 0.3) is 0 Å². The minimum atomic E-state index is -5.08. The molecular weight excluding hydrogens is 256 g/mol. The van der Waals surface area contributed by atoms with Crippen LogP contribution in [0.15, 0.2) is 0 Å². The summed E-state index contributed by atoms with van der Waals surface area (Å²) < 4.78 is 50.9. The zero-order chi connectivity index (χ0) is 13.6. The van der Waals surface area contributed by atoms with Crippen molar-refractivity contribution in [3.05, 3.63) is 0 Å². The normalized spacial score (nSPS) is 15.0. The number of carboxylic acid groups (broad SMARTS) is 1. The lowest BCUT2D eigenvalue weighted by Gasteiger charge is -2.10. The van der Waals surface area contributed by atoms with Crippen molar-refractivity contribution in [3.8, 4) is 0 Å². The van der Waals surface area contributed by atoms with Crippen LogP contribution in [0.4, 0.5) is 13.2 Å². The summed E-state index contributed by atoms with van der Waals surface area (Å²) in [7, 11) is -2.60. The minimum Gasteiger partial charge on any atom is -0.475 e. The van der Waals surface area contributed by atoms with Gasteiger partial charge in [0, 0.05) is 7.11 Å². The Labute approximate surface area is 89.6 Å². The van der Waals surface area contributed by atoms with Crippen molar-refractivity contribution in [2.45, 2.75) is 26.1 Å². The second-order valence-electron chi connectivity index (χ2n) is 2.61. The van der Waals surface area contributed by atoms with Gasteiger partial charge in [-0.15, -0.1) is 0 Å². The first-order valence-electron chi connectivity index (χ1n) is 3.79. The van der Waals surface area contributed by atoms with E-state index in [1.165, 1.54) is 0 Å². The number of hydrogen-bond donors (Lipinski definition) is 2. The number of carboxylic acids is 1. The summed E-state index contributed by atoms with van der Waals surface area (Å²) in [4.78, 5) is 17.5. The second-order valence-corrected chi connectivity index (χ2v) is 4.12. The van der Waals surface area contributed by atoms with Gasteiger partial charge in [-0.2, -0.15) is 13.2 Å². The molecule has 0 aromatic carbocycles. The van der Waals surface area contributed by atoms with Crippen molar-refractivity contribution >= 4 is 13.8 Å². The minimum absolute atomic E-state index is 0.291. The zero-order valence-corrected chi connectivity index (χ0v) is 9.58. The molecule has 16 heavy (non-hydrogen) atoms. The zero-order valence-electron chi connectivity index (χ0n) is 8.69. The van der Waals surface area contributed by atoms with Crippen LogP contribution in [0.3, 0.4) is 0 Å². The maximum Gasteiger partial charge on any atom is 0.490 e. The van der Waals surface area contributed by atoms with E-state index in [4.69, 9.17) is 14.8 Å². The molecule has 2 N–H and O–H groups in total. The number of phosphoric ester groups is 1. The van der Waals surface area contributed by atoms with Crippen LogP contribution < -0.4 is 0 Å². The molecule has 0 bridgehead atoms. The third-order valence-electron chi connectivity index (χ3n) is 0.817. The molecule has 0 rings (SSSR count). The number of carbonyl (C=O) groups is 1. The molecule has 0 aliphatic rings. The molecule has 0 aromatic rings. The first kappa shape index (κ1) is 17.8. The molecule has 0 saturated heterocycles. The molecule has 10 heteroatoms. The standard InChI is InChI=1S/C4H11O4P.C2HF3O2/c1-4(2)8-9(5,6)7-3;3-2(4,5)1(6)7/h4H,1-3H3,(H,5,6);(H,6,7). The smallest absolute Gasteiger partial charge is 0.475 e. The Morgan fingerprint density at radius 2 is 1.69 bits per heavy atom. The Bertz CT molecular complexity index is 263. The van der Waals surface area contributed by atoms with Gasteiger partial charge in [0.25, 0.3) is 0 Å². The summed E-state index contributed by atoms with van der Waals surface area (Å²) >= 11 is 0. The Morgan fingerprint density at radius 1 is 1.38 bits per heavy atom. The molecule has 0 aliphatic heterocycles. The lowest BCUT2D eigenvalue weighted by Crippen LogP contribution is -2.21. The highest BCUT2D eigenvalue weighted by Gasteiger charge is 2.38. The van der Waals surface area contributed by atoms with E-state index >= 15 is 0 Å². The molecule has 0 fully saturated rings. The Hall–Kier alpha value is -0.630. The topological polar surface area (TPSA) is 93.1 Å². The lowest BCUT2D eigenvalue weighted by atomic mass is 10.5. The van der Waals surface area contributed by atoms with Crippen molar-refractivity contribution in [2.75, 3.05) is 7.11 Å². The Balaban J connectivity index is 0. The molecule has 1 atom stereocenters. The molecule has 0 aromatic heterocycles. The molecule has 0 spiro atoms. The van der Waals surface area contributed by atoms with Crippen LogP contribution in [0.5, 0.6) is 0 Å². The third-order valence-corrected chi connectivity index (χ3v) is 1.97. The van der Waals surface area contributed by atoms with Crippen molar-refractivity contribution in [1.29, 1.82) is 0 Å². The first-order valence-corrected chi connectivity index (χ1v) is 5.29. The predicted molar refractivity (Wildman–Crippen MR) is 46.7 cm³/mol. The van der Waals surface area contributed by atoms with Crippen LogP contribution >= 0.6 is 7.82 Å². The van der Waals surface area contributed by atoms with Crippen LogP contribution in [0, 0.1) is 0 Å². The Morgan fingerprint density at radius 3 is 1.75 bits per heavy atom. The summed E-state index contributed by atoms with van der Waals surface area (Å²) in [5.74, 6) is -2.76. The molecule has 0 saturated carbocycles. The number of phosphoric acid groups is 1. The van der Waals surface area contributed by atoms with Gasteiger partial charge in [0.05, 0.1) is 6.10 Å². The summed E-state index contributed by atoms with van der Waals surface area (Å²) in [6.45, 7) is 3.31. The molecule has 98 valence electrons. The van der Waals surface area contributed by atoms with Gasteiger partial charge in [-0.25, -0.2) is 9.36 Å². The van der Waals surface area contributed by atoms with Gasteiger partial charge in [-0.1, -0.05) is 0 Å². The van der Waals surface area contributed by atoms with Gasteiger partial charge in [0.15, 0.2) is 0 Å². The Kier molecular flexibility index (Phi) is 7.60. The molecule has 6 nitrogen and oxygen atoms in total. The van der Waals surface area contributed by atoms with Gasteiger partial charge >= 0.3 is 20.0 Å². The molecule has 0 radical (unpaired) electrons. The largest absolute Gasteiger partial charge is 0.490 e. The van der Waals surface area contributed by atoms with E-state index in [9.17, 15) is 17.7 Å². The summed E-state index contributed by atoms with van der Waals surface area (Å²) in [5, 5.41) is 7.12. The van der Waals surface area contributed by atoms with Gasteiger partial charge in [0.2, 0.25) is 0 Å². The maximum absolute atomic E-state index is 10.6. The van der Waals surface area contributed by atoms with Gasteiger partial charge in [-0.05, 0) is 13.8 Å². The SMILES string of the molecule is COP(=O)(O)OC(C)C.O=C(O)C(F)(F)F. The fourth-order valence-electron chi connectivity index (χ4n) is 0.309. The predicted octanol–water partition coefficient (Wildman–Crippen LogP) is 1.79. The van der Waals surface area contributed by atoms with E-state index in [0.29, 0.717) is 0 Å². The van der Waals surface area contributed by atoms with E-state index in [1.54, 1.807) is 13.8 Å². The molecule has 0 heterocycles. The van der Waals surface area contributed by atoms with Crippen molar-refractivity contribution < 1.29 is 41.6 Å². The highest BCUT2D eigenvalue weighted by Crippen LogP contribution is 2.43. The van der Waals surface area contributed by atoms with Crippen molar-refractivity contribution in [3.63, 3.8) is 0 Å². The fourth-order valence-corrected chi connectivity index (χ4v) is 0.928. The van der Waals surface area contributed by atoms with E-state index in [-0.39, 0.29) is 6.10 Å². The number of alkyl halides is 3. The number of aliphatic carboxylic acids is 1. The monoisotopic (exact) mass is 268 g/mol. The molecular formula is C6H12F3O6P. The molecule has 0 amide bonds. The van der Waals surface area contributed by atoms with E-state index in [1.807, 2.05) is 0 Å². The third kappa shape index (κ3) is 11.4. The second kappa shape index (κ2) is 6.85. The van der Waals surface area contributed by atoms with Gasteiger partial charge in [0.1, 0.15) is 0 Å². The average Bonchev–Trinajstić information content (AvgIpc) is 2.01. The van der Waals surface area contributed by atoms with Crippen molar-refractivity contribution in [2.24, 2.45) is 0 Å². The lowest BCUT2D eigenvalue weighted by molar-refractivity contribution is -0.192. The van der Waals surface area contributed by atoms with E-state index in [0.717, 1.165) is 7.11 Å². The summed E-state index contributed by atoms with van der Waals surface area (Å²) in [6.07, 6.45) is -5.37. The fraction of sp³-hybridized carbons (Fsp3) is 0.833. The molecule has 1 unspecified atom stereocenters. The van der Waals surface area contributed by atoms with Crippen molar-refractivity contribution in [1.82, 2.24) is 0 Å². The quantitative estimate of drug-likeness (QED) is 0.758. The van der Waals surface area contributed by atoms with E-state index in [2.05, 4.69) is 9.05 Å². The summed E-state index contributed by atoms with van der Waals surface area (Å²) in [6, 6.07) is 0. The maximum atomic E-state index is 10.6. The van der Waals surface area contributed by atoms with Gasteiger partial charge in [-0.3, -0.25) is 9.05 Å².